The van der Waals surface area contributed by atoms with Gasteiger partial charge in [-0.3, -0.25) is 0 Å². The molecule has 0 aliphatic rings. The van der Waals surface area contributed by atoms with Crippen LogP contribution in [0.5, 0.6) is 0 Å². The average molecular weight is 156 g/mol. The summed E-state index contributed by atoms with van der Waals surface area (Å²) in [7, 11) is 5.63. The van der Waals surface area contributed by atoms with Crippen molar-refractivity contribution in [2.45, 2.75) is 13.3 Å². The molecule has 2 aromatic rings. The molecule has 12 heavy (non-hydrogen) atoms. The van der Waals surface area contributed by atoms with Crippen molar-refractivity contribution in [3.05, 3.63) is 30.0 Å². The molecule has 0 N–H and O–H groups in total. The second-order valence-corrected chi connectivity index (χ2v) is 2.86. The van der Waals surface area contributed by atoms with E-state index >= 15 is 0 Å². The Morgan fingerprint density at radius 2 is 2.17 bits per heavy atom. The van der Waals surface area contributed by atoms with Crippen molar-refractivity contribution in [3.8, 4) is 0 Å². The van der Waals surface area contributed by atoms with Crippen LogP contribution in [-0.2, 0) is 6.42 Å². The Hall–Kier alpha value is -1.18. The number of benzene rings is 1. The van der Waals surface area contributed by atoms with Crippen LogP contribution in [0, 0.1) is 0 Å². The van der Waals surface area contributed by atoms with Crippen LogP contribution in [0.15, 0.2) is 28.7 Å². The first-order valence-corrected chi connectivity index (χ1v) is 4.07. The second kappa shape index (κ2) is 2.70. The topological polar surface area (TPSA) is 13.1 Å². The molecule has 2 radical (unpaired) electrons. The van der Waals surface area contributed by atoms with E-state index in [1.54, 1.807) is 0 Å². The summed E-state index contributed by atoms with van der Waals surface area (Å²) in [5.41, 5.74) is 1.70. The van der Waals surface area contributed by atoms with Crippen LogP contribution in [0.3, 0.4) is 0 Å². The molecule has 1 nitrogen and oxygen atoms in total. The highest BCUT2D eigenvalue weighted by Gasteiger charge is 2.00. The molecular weight excluding hydrogens is 147 g/mol. The van der Waals surface area contributed by atoms with Crippen LogP contribution in [0.4, 0.5) is 0 Å². The predicted octanol–water partition coefficient (Wildman–Crippen LogP) is 1.79. The molecule has 0 aliphatic heterocycles. The number of aryl methyl sites for hydroxylation is 1. The number of furan rings is 1. The summed E-state index contributed by atoms with van der Waals surface area (Å²) < 4.78 is 5.52. The van der Waals surface area contributed by atoms with E-state index in [0.717, 1.165) is 28.6 Å². The highest BCUT2D eigenvalue weighted by atomic mass is 16.3. The lowest BCUT2D eigenvalue weighted by atomic mass is 9.95. The van der Waals surface area contributed by atoms with Crippen LogP contribution < -0.4 is 5.46 Å². The van der Waals surface area contributed by atoms with Crippen LogP contribution in [0.1, 0.15) is 12.7 Å². The fourth-order valence-corrected chi connectivity index (χ4v) is 1.29. The van der Waals surface area contributed by atoms with Gasteiger partial charge in [0.2, 0.25) is 0 Å². The number of hydrogen-bond acceptors (Lipinski definition) is 1. The van der Waals surface area contributed by atoms with Gasteiger partial charge in [-0.15, -0.1) is 0 Å². The van der Waals surface area contributed by atoms with E-state index in [1.807, 2.05) is 24.3 Å². The smallest absolute Gasteiger partial charge is 0.134 e. The quantitative estimate of drug-likeness (QED) is 0.573. The van der Waals surface area contributed by atoms with Gasteiger partial charge in [0.25, 0.3) is 0 Å². The van der Waals surface area contributed by atoms with Crippen molar-refractivity contribution in [2.24, 2.45) is 0 Å². The molecule has 0 saturated heterocycles. The van der Waals surface area contributed by atoms with Gasteiger partial charge in [0.1, 0.15) is 19.2 Å². The monoisotopic (exact) mass is 156 g/mol. The van der Waals surface area contributed by atoms with E-state index in [4.69, 9.17) is 12.3 Å². The van der Waals surface area contributed by atoms with Crippen molar-refractivity contribution in [1.29, 1.82) is 0 Å². The van der Waals surface area contributed by atoms with Crippen molar-refractivity contribution >= 4 is 24.3 Å². The Balaban J connectivity index is 2.67. The molecule has 0 fully saturated rings. The summed E-state index contributed by atoms with van der Waals surface area (Å²) in [6.07, 6.45) is 0.925. The normalized spacial score (nSPS) is 10.8. The van der Waals surface area contributed by atoms with Crippen molar-refractivity contribution in [1.82, 2.24) is 0 Å². The fraction of sp³-hybridized carbons (Fsp3) is 0.200. The Morgan fingerprint density at radius 3 is 2.92 bits per heavy atom. The average Bonchev–Trinajstić information content (AvgIpc) is 2.46. The van der Waals surface area contributed by atoms with E-state index in [-0.39, 0.29) is 0 Å². The van der Waals surface area contributed by atoms with Crippen LogP contribution >= 0.6 is 0 Å². The third-order valence-corrected chi connectivity index (χ3v) is 1.94. The summed E-state index contributed by atoms with van der Waals surface area (Å²) in [6.45, 7) is 2.07. The van der Waals surface area contributed by atoms with E-state index < -0.39 is 0 Å². The van der Waals surface area contributed by atoms with Gasteiger partial charge in [-0.1, -0.05) is 24.5 Å². The standard InChI is InChI=1S/C10H9BO/c1-2-9-6-7-5-8(11)3-4-10(7)12-9/h3-6H,2H2,1H3. The highest BCUT2D eigenvalue weighted by molar-refractivity contribution is 6.33. The number of fused-ring (bicyclic) bond motifs is 1. The van der Waals surface area contributed by atoms with Crippen molar-refractivity contribution in [2.75, 3.05) is 0 Å². The Kier molecular flexibility index (Phi) is 1.68. The minimum Gasteiger partial charge on any atom is -0.461 e. The Labute approximate surface area is 72.8 Å². The maximum absolute atomic E-state index is 5.63. The minimum atomic E-state index is 0.783. The molecule has 58 valence electrons. The van der Waals surface area contributed by atoms with Gasteiger partial charge in [-0.25, -0.2) is 0 Å². The van der Waals surface area contributed by atoms with Gasteiger partial charge in [0.15, 0.2) is 0 Å². The first-order valence-electron chi connectivity index (χ1n) is 4.07. The third-order valence-electron chi connectivity index (χ3n) is 1.94. The molecule has 0 amide bonds. The fourth-order valence-electron chi connectivity index (χ4n) is 1.29. The van der Waals surface area contributed by atoms with E-state index in [9.17, 15) is 0 Å². The first-order chi connectivity index (χ1) is 5.79. The van der Waals surface area contributed by atoms with Gasteiger partial charge in [0.05, 0.1) is 0 Å². The lowest BCUT2D eigenvalue weighted by Gasteiger charge is -1.89. The third kappa shape index (κ3) is 1.13. The van der Waals surface area contributed by atoms with Crippen LogP contribution in [-0.4, -0.2) is 7.85 Å². The zero-order valence-corrected chi connectivity index (χ0v) is 7.00. The predicted molar refractivity (Wildman–Crippen MR) is 51.0 cm³/mol. The zero-order chi connectivity index (χ0) is 8.55. The van der Waals surface area contributed by atoms with Crippen LogP contribution in [0.25, 0.3) is 11.0 Å². The number of hydrogen-bond donors (Lipinski definition) is 0. The van der Waals surface area contributed by atoms with Crippen molar-refractivity contribution < 1.29 is 4.42 Å². The van der Waals surface area contributed by atoms with Gasteiger partial charge >= 0.3 is 0 Å². The van der Waals surface area contributed by atoms with Gasteiger partial charge < -0.3 is 4.42 Å². The maximum atomic E-state index is 5.63. The lowest BCUT2D eigenvalue weighted by molar-refractivity contribution is 0.557. The summed E-state index contributed by atoms with van der Waals surface area (Å²) in [5, 5.41) is 1.09. The molecule has 0 atom stereocenters. The summed E-state index contributed by atoms with van der Waals surface area (Å²) >= 11 is 0. The Morgan fingerprint density at radius 1 is 1.33 bits per heavy atom. The van der Waals surface area contributed by atoms with E-state index in [2.05, 4.69) is 6.92 Å². The van der Waals surface area contributed by atoms with Gasteiger partial charge in [-0.2, -0.15) is 0 Å². The second-order valence-electron chi connectivity index (χ2n) is 2.86. The molecule has 2 rings (SSSR count). The molecule has 1 aromatic carbocycles. The van der Waals surface area contributed by atoms with E-state index in [0.29, 0.717) is 0 Å². The molecule has 2 heteroatoms. The molecule has 1 heterocycles. The highest BCUT2D eigenvalue weighted by Crippen LogP contribution is 2.17. The molecular formula is C10H9BO. The summed E-state index contributed by atoms with van der Waals surface area (Å²) in [6, 6.07) is 7.72. The molecule has 1 aromatic heterocycles. The molecule has 0 aliphatic carbocycles. The Bertz CT molecular complexity index is 403. The SMILES string of the molecule is [B]c1ccc2oc(CC)cc2c1. The van der Waals surface area contributed by atoms with Gasteiger partial charge in [-0.05, 0) is 12.1 Å². The van der Waals surface area contributed by atoms with Crippen LogP contribution in [0.2, 0.25) is 0 Å². The largest absolute Gasteiger partial charge is 0.461 e. The molecule has 0 saturated carbocycles. The molecule has 0 unspecified atom stereocenters. The van der Waals surface area contributed by atoms with Crippen molar-refractivity contribution in [3.63, 3.8) is 0 Å². The molecule has 0 spiro atoms. The van der Waals surface area contributed by atoms with E-state index in [1.165, 1.54) is 0 Å². The number of rotatable bonds is 1. The zero-order valence-electron chi connectivity index (χ0n) is 7.00. The lowest BCUT2D eigenvalue weighted by Crippen LogP contribution is -1.98. The first kappa shape index (κ1) is 7.47. The van der Waals surface area contributed by atoms with Gasteiger partial charge in [0, 0.05) is 11.8 Å². The minimum absolute atomic E-state index is 0.783. The summed E-state index contributed by atoms with van der Waals surface area (Å²) in [5.74, 6) is 1.01. The maximum Gasteiger partial charge on any atom is 0.134 e. The summed E-state index contributed by atoms with van der Waals surface area (Å²) in [4.78, 5) is 0. The molecule has 0 bridgehead atoms.